The lowest BCUT2D eigenvalue weighted by atomic mass is 10.2. The van der Waals surface area contributed by atoms with Crippen LogP contribution in [-0.2, 0) is 12.3 Å². The van der Waals surface area contributed by atoms with Gasteiger partial charge >= 0.3 is 0 Å². The maximum Gasteiger partial charge on any atom is 0.0608 e. The largest absolute Gasteiger partial charge is 0.369 e. The zero-order chi connectivity index (χ0) is 16.8. The summed E-state index contributed by atoms with van der Waals surface area (Å²) in [7, 11) is -2.32. The van der Waals surface area contributed by atoms with E-state index in [2.05, 4.69) is 24.3 Å². The number of hydrogen-bond donors (Lipinski definition) is 2. The maximum atomic E-state index is 10.4. The van der Waals surface area contributed by atoms with E-state index in [0.29, 0.717) is 12.3 Å². The smallest absolute Gasteiger partial charge is 0.0608 e. The molecule has 3 aromatic rings. The van der Waals surface area contributed by atoms with Crippen molar-refractivity contribution in [2.24, 2.45) is 0 Å². The molecule has 0 saturated heterocycles. The summed E-state index contributed by atoms with van der Waals surface area (Å²) in [5, 5.41) is 2.00. The van der Waals surface area contributed by atoms with Crippen molar-refractivity contribution in [3.05, 3.63) is 96.1 Å². The Morgan fingerprint density at radius 3 is 1.17 bits per heavy atom. The molecule has 24 heavy (non-hydrogen) atoms. The Balaban J connectivity index is 1.61. The van der Waals surface area contributed by atoms with Gasteiger partial charge in [-0.25, -0.2) is 0 Å². The predicted molar refractivity (Wildman–Crippen MR) is 104 cm³/mol. The van der Waals surface area contributed by atoms with Gasteiger partial charge < -0.3 is 9.79 Å². The predicted octanol–water partition coefficient (Wildman–Crippen LogP) is 4.12. The average molecular weight is 354 g/mol. The quantitative estimate of drug-likeness (QED) is 0.654. The Morgan fingerprint density at radius 1 is 0.500 bits per heavy atom. The molecule has 0 aliphatic heterocycles. The molecule has 0 saturated carbocycles. The molecule has 0 radical (unpaired) electrons. The Bertz CT molecular complexity index is 679. The monoisotopic (exact) mass is 354 g/mol. The van der Waals surface area contributed by atoms with Crippen LogP contribution in [0.5, 0.6) is 0 Å². The van der Waals surface area contributed by atoms with E-state index in [1.54, 1.807) is 0 Å². The fourth-order valence-corrected chi connectivity index (χ4v) is 4.99. The zero-order valence-corrected chi connectivity index (χ0v) is 15.1. The van der Waals surface area contributed by atoms with Gasteiger partial charge in [-0.15, -0.1) is 0 Å². The third kappa shape index (κ3) is 4.72. The van der Waals surface area contributed by atoms with Crippen LogP contribution >= 0.6 is 16.3 Å². The molecule has 0 amide bonds. The average Bonchev–Trinajstić information content (AvgIpc) is 2.65. The van der Waals surface area contributed by atoms with E-state index in [1.165, 1.54) is 0 Å². The first-order valence-corrected chi connectivity index (χ1v) is 10.8. The minimum atomic E-state index is -1.16. The third-order valence-corrected chi connectivity index (χ3v) is 6.91. The number of rotatable bonds is 6. The normalized spacial score (nSPS) is 13.4. The molecule has 2 unspecified atom stereocenters. The molecular formula is C20H20O2P2. The van der Waals surface area contributed by atoms with E-state index in [-0.39, 0.29) is 0 Å². The molecule has 2 N–H and O–H groups in total. The SMILES string of the molecule is OP(Cc1ccc(CP(O)c2ccccc2)cc1)c1ccccc1. The van der Waals surface area contributed by atoms with E-state index in [9.17, 15) is 9.79 Å². The van der Waals surface area contributed by atoms with Gasteiger partial charge in [-0.1, -0.05) is 84.9 Å². The summed E-state index contributed by atoms with van der Waals surface area (Å²) >= 11 is 0. The standard InChI is InChI=1S/C20H20O2P2/c21-23(19-7-3-1-4-8-19)15-17-11-13-18(14-12-17)16-24(22)20-9-5-2-6-10-20/h1-14,21-22H,15-16H2. The lowest BCUT2D eigenvalue weighted by molar-refractivity contribution is 0.632. The van der Waals surface area contributed by atoms with E-state index in [1.807, 2.05) is 60.7 Å². The fraction of sp³-hybridized carbons (Fsp3) is 0.100. The van der Waals surface area contributed by atoms with Crippen molar-refractivity contribution in [2.75, 3.05) is 0 Å². The van der Waals surface area contributed by atoms with Crippen molar-refractivity contribution in [2.45, 2.75) is 12.3 Å². The van der Waals surface area contributed by atoms with Gasteiger partial charge in [0.15, 0.2) is 0 Å². The van der Waals surface area contributed by atoms with Gasteiger partial charge in [-0.05, 0) is 11.1 Å². The highest BCUT2D eigenvalue weighted by Gasteiger charge is 2.10. The van der Waals surface area contributed by atoms with Crippen LogP contribution in [0.15, 0.2) is 84.9 Å². The maximum absolute atomic E-state index is 10.4. The molecule has 122 valence electrons. The molecule has 0 fully saturated rings. The molecule has 3 aromatic carbocycles. The fourth-order valence-electron chi connectivity index (χ4n) is 2.48. The second kappa shape index (κ2) is 8.51. The summed E-state index contributed by atoms with van der Waals surface area (Å²) in [5.41, 5.74) is 2.25. The summed E-state index contributed by atoms with van der Waals surface area (Å²) in [6.07, 6.45) is 1.32. The van der Waals surface area contributed by atoms with Gasteiger partial charge in [0.1, 0.15) is 0 Å². The lowest BCUT2D eigenvalue weighted by Gasteiger charge is -2.13. The molecule has 0 aromatic heterocycles. The van der Waals surface area contributed by atoms with Crippen molar-refractivity contribution in [3.8, 4) is 0 Å². The summed E-state index contributed by atoms with van der Waals surface area (Å²) in [6.45, 7) is 0. The lowest BCUT2D eigenvalue weighted by Crippen LogP contribution is -2.02. The van der Waals surface area contributed by atoms with Crippen molar-refractivity contribution in [3.63, 3.8) is 0 Å². The van der Waals surface area contributed by atoms with E-state index in [0.717, 1.165) is 21.7 Å². The Morgan fingerprint density at radius 2 is 0.833 bits per heavy atom. The molecule has 3 rings (SSSR count). The van der Waals surface area contributed by atoms with Crippen LogP contribution in [0, 0.1) is 0 Å². The molecule has 2 nitrogen and oxygen atoms in total. The van der Waals surface area contributed by atoms with Crippen LogP contribution in [0.25, 0.3) is 0 Å². The van der Waals surface area contributed by atoms with Gasteiger partial charge in [0.2, 0.25) is 0 Å². The Kier molecular flexibility index (Phi) is 6.12. The Hall–Kier alpha value is -1.56. The first kappa shape index (κ1) is 17.3. The van der Waals surface area contributed by atoms with Gasteiger partial charge in [-0.3, -0.25) is 0 Å². The second-order valence-electron chi connectivity index (χ2n) is 5.60. The minimum Gasteiger partial charge on any atom is -0.369 e. The van der Waals surface area contributed by atoms with Crippen LogP contribution in [0.1, 0.15) is 11.1 Å². The zero-order valence-electron chi connectivity index (χ0n) is 13.3. The van der Waals surface area contributed by atoms with Gasteiger partial charge in [0.05, 0.1) is 16.3 Å². The number of benzene rings is 3. The van der Waals surface area contributed by atoms with Crippen molar-refractivity contribution < 1.29 is 9.79 Å². The topological polar surface area (TPSA) is 40.5 Å². The molecule has 2 atom stereocenters. The molecule has 0 spiro atoms. The summed E-state index contributed by atoms with van der Waals surface area (Å²) in [6, 6.07) is 27.8. The van der Waals surface area contributed by atoms with Crippen LogP contribution in [0.4, 0.5) is 0 Å². The van der Waals surface area contributed by atoms with Crippen LogP contribution in [-0.4, -0.2) is 9.79 Å². The molecule has 4 heteroatoms. The Labute approximate surface area is 145 Å². The summed E-state index contributed by atoms with van der Waals surface area (Å²) in [4.78, 5) is 20.7. The van der Waals surface area contributed by atoms with E-state index < -0.39 is 16.3 Å². The third-order valence-electron chi connectivity index (χ3n) is 3.80. The molecular weight excluding hydrogens is 334 g/mol. The molecule has 0 aliphatic rings. The van der Waals surface area contributed by atoms with Gasteiger partial charge in [0, 0.05) is 22.9 Å². The summed E-state index contributed by atoms with van der Waals surface area (Å²) < 4.78 is 0. The first-order chi connectivity index (χ1) is 11.7. The van der Waals surface area contributed by atoms with Crippen molar-refractivity contribution >= 4 is 26.9 Å². The number of hydrogen-bond acceptors (Lipinski definition) is 2. The molecule has 0 aliphatic carbocycles. The second-order valence-corrected chi connectivity index (χ2v) is 8.87. The highest BCUT2D eigenvalue weighted by molar-refractivity contribution is 7.59. The van der Waals surface area contributed by atoms with Crippen molar-refractivity contribution in [1.82, 2.24) is 0 Å². The first-order valence-electron chi connectivity index (χ1n) is 7.83. The summed E-state index contributed by atoms with van der Waals surface area (Å²) in [5.74, 6) is 0. The van der Waals surface area contributed by atoms with Crippen LogP contribution < -0.4 is 10.6 Å². The van der Waals surface area contributed by atoms with E-state index >= 15 is 0 Å². The van der Waals surface area contributed by atoms with Gasteiger partial charge in [0.25, 0.3) is 0 Å². The highest BCUT2D eigenvalue weighted by atomic mass is 31.1. The molecule has 0 heterocycles. The van der Waals surface area contributed by atoms with Crippen LogP contribution in [0.2, 0.25) is 0 Å². The van der Waals surface area contributed by atoms with Crippen LogP contribution in [0.3, 0.4) is 0 Å². The van der Waals surface area contributed by atoms with E-state index in [4.69, 9.17) is 0 Å². The highest BCUT2D eigenvalue weighted by Crippen LogP contribution is 2.36. The van der Waals surface area contributed by atoms with Crippen molar-refractivity contribution in [1.29, 1.82) is 0 Å². The minimum absolute atomic E-state index is 0.659. The molecule has 0 bridgehead atoms. The van der Waals surface area contributed by atoms with Gasteiger partial charge in [-0.2, -0.15) is 0 Å².